The lowest BCUT2D eigenvalue weighted by atomic mass is 9.97. The summed E-state index contributed by atoms with van der Waals surface area (Å²) in [5.74, 6) is 1.34. The number of aromatic amines is 1. The quantitative estimate of drug-likeness (QED) is 0.832. The van der Waals surface area contributed by atoms with Crippen molar-refractivity contribution in [2.45, 2.75) is 33.1 Å². The number of nitrogens with two attached hydrogens (primary N) is 1. The van der Waals surface area contributed by atoms with Crippen molar-refractivity contribution in [1.29, 1.82) is 0 Å². The molecule has 1 aliphatic heterocycles. The minimum Gasteiger partial charge on any atom is -0.342 e. The van der Waals surface area contributed by atoms with Crippen molar-refractivity contribution in [2.24, 2.45) is 11.7 Å². The molecule has 0 radical (unpaired) electrons. The van der Waals surface area contributed by atoms with Gasteiger partial charge in [-0.2, -0.15) is 0 Å². The molecule has 5 nitrogen and oxygen atoms in total. The van der Waals surface area contributed by atoms with Gasteiger partial charge in [0.2, 0.25) is 5.95 Å². The van der Waals surface area contributed by atoms with E-state index in [1.54, 1.807) is 0 Å². The molecule has 18 heavy (non-hydrogen) atoms. The van der Waals surface area contributed by atoms with Gasteiger partial charge >= 0.3 is 0 Å². The van der Waals surface area contributed by atoms with Crippen LogP contribution in [0.4, 0.5) is 5.95 Å². The highest BCUT2D eigenvalue weighted by atomic mass is 16.1. The van der Waals surface area contributed by atoms with Gasteiger partial charge in [-0.25, -0.2) is 4.98 Å². The van der Waals surface area contributed by atoms with Crippen molar-refractivity contribution in [1.82, 2.24) is 9.97 Å². The Morgan fingerprint density at radius 3 is 2.67 bits per heavy atom. The largest absolute Gasteiger partial charge is 0.342 e. The predicted octanol–water partition coefficient (Wildman–Crippen LogP) is 0.816. The van der Waals surface area contributed by atoms with E-state index >= 15 is 0 Å². The summed E-state index contributed by atoms with van der Waals surface area (Å²) in [6.07, 6.45) is 2.95. The van der Waals surface area contributed by atoms with Gasteiger partial charge in [-0.1, -0.05) is 6.92 Å². The van der Waals surface area contributed by atoms with Crippen molar-refractivity contribution in [3.05, 3.63) is 21.6 Å². The summed E-state index contributed by atoms with van der Waals surface area (Å²) in [7, 11) is 0. The Balaban J connectivity index is 2.19. The van der Waals surface area contributed by atoms with Crippen LogP contribution in [0, 0.1) is 12.8 Å². The number of aryl methyl sites for hydroxylation is 1. The topological polar surface area (TPSA) is 75.0 Å². The van der Waals surface area contributed by atoms with Gasteiger partial charge in [-0.3, -0.25) is 9.78 Å². The minimum absolute atomic E-state index is 0.0159. The van der Waals surface area contributed by atoms with Gasteiger partial charge < -0.3 is 10.6 Å². The highest BCUT2D eigenvalue weighted by Gasteiger charge is 2.20. The predicted molar refractivity (Wildman–Crippen MR) is 73.0 cm³/mol. The number of hydrogen-bond donors (Lipinski definition) is 2. The normalized spacial score (nSPS) is 17.2. The number of piperidine rings is 1. The van der Waals surface area contributed by atoms with E-state index in [0.717, 1.165) is 56.1 Å². The number of H-pyrrole nitrogens is 1. The smallest absolute Gasteiger partial charge is 0.255 e. The highest BCUT2D eigenvalue weighted by molar-refractivity contribution is 5.33. The molecule has 100 valence electrons. The van der Waals surface area contributed by atoms with Crippen LogP contribution in [-0.2, 0) is 6.42 Å². The molecular formula is C13H22N4O. The lowest BCUT2D eigenvalue weighted by molar-refractivity contribution is 0.411. The number of aromatic nitrogens is 2. The van der Waals surface area contributed by atoms with Crippen LogP contribution >= 0.6 is 0 Å². The third kappa shape index (κ3) is 2.56. The van der Waals surface area contributed by atoms with Gasteiger partial charge in [-0.05, 0) is 38.6 Å². The van der Waals surface area contributed by atoms with Gasteiger partial charge in [0.25, 0.3) is 5.56 Å². The van der Waals surface area contributed by atoms with E-state index in [2.05, 4.69) is 14.9 Å². The van der Waals surface area contributed by atoms with E-state index in [9.17, 15) is 4.79 Å². The number of nitrogens with one attached hydrogen (secondary N) is 1. The lowest BCUT2D eigenvalue weighted by Gasteiger charge is -2.31. The molecule has 2 heterocycles. The molecule has 2 rings (SSSR count). The van der Waals surface area contributed by atoms with Crippen LogP contribution in [-0.4, -0.2) is 29.6 Å². The van der Waals surface area contributed by atoms with Crippen LogP contribution in [0.15, 0.2) is 4.79 Å². The molecule has 1 aliphatic rings. The maximum absolute atomic E-state index is 11.8. The van der Waals surface area contributed by atoms with Crippen LogP contribution < -0.4 is 16.2 Å². The molecule has 0 saturated carbocycles. The molecule has 1 aromatic rings. The van der Waals surface area contributed by atoms with Gasteiger partial charge in [0.15, 0.2) is 0 Å². The molecule has 1 fully saturated rings. The lowest BCUT2D eigenvalue weighted by Crippen LogP contribution is -2.38. The fraction of sp³-hybridized carbons (Fsp3) is 0.692. The summed E-state index contributed by atoms with van der Waals surface area (Å²) in [5.41, 5.74) is 7.30. The van der Waals surface area contributed by atoms with Crippen LogP contribution in [0.5, 0.6) is 0 Å². The second-order valence-corrected chi connectivity index (χ2v) is 4.98. The van der Waals surface area contributed by atoms with Gasteiger partial charge in [0.05, 0.1) is 5.69 Å². The number of anilines is 1. The van der Waals surface area contributed by atoms with Crippen LogP contribution in [0.3, 0.4) is 0 Å². The van der Waals surface area contributed by atoms with Crippen LogP contribution in [0.25, 0.3) is 0 Å². The summed E-state index contributed by atoms with van der Waals surface area (Å²) < 4.78 is 0. The molecule has 0 spiro atoms. The average molecular weight is 250 g/mol. The number of rotatable bonds is 3. The second-order valence-electron chi connectivity index (χ2n) is 4.98. The molecule has 5 heteroatoms. The zero-order valence-corrected chi connectivity index (χ0v) is 11.2. The molecule has 1 saturated heterocycles. The monoisotopic (exact) mass is 250 g/mol. The van der Waals surface area contributed by atoms with Gasteiger partial charge in [-0.15, -0.1) is 0 Å². The molecule has 1 aromatic heterocycles. The van der Waals surface area contributed by atoms with Gasteiger partial charge in [0.1, 0.15) is 0 Å². The van der Waals surface area contributed by atoms with E-state index in [4.69, 9.17) is 5.73 Å². The summed E-state index contributed by atoms with van der Waals surface area (Å²) >= 11 is 0. The summed E-state index contributed by atoms with van der Waals surface area (Å²) in [4.78, 5) is 21.4. The summed E-state index contributed by atoms with van der Waals surface area (Å²) in [6.45, 7) is 6.47. The van der Waals surface area contributed by atoms with Crippen LogP contribution in [0.1, 0.15) is 31.0 Å². The maximum atomic E-state index is 11.8. The molecule has 0 unspecified atom stereocenters. The molecule has 0 aromatic carbocycles. The van der Waals surface area contributed by atoms with Crippen molar-refractivity contribution in [3.63, 3.8) is 0 Å². The van der Waals surface area contributed by atoms with E-state index in [0.29, 0.717) is 5.92 Å². The SMILES string of the molecule is CCc1nc(N2CCC(CN)CC2)[nH]c(=O)c1C. The first-order chi connectivity index (χ1) is 8.65. The Hall–Kier alpha value is -1.36. The average Bonchev–Trinajstić information content (AvgIpc) is 2.42. The van der Waals surface area contributed by atoms with E-state index in [1.165, 1.54) is 0 Å². The third-order valence-electron chi connectivity index (χ3n) is 3.82. The van der Waals surface area contributed by atoms with Crippen molar-refractivity contribution >= 4 is 5.95 Å². The van der Waals surface area contributed by atoms with E-state index < -0.39 is 0 Å². The first-order valence-corrected chi connectivity index (χ1v) is 6.70. The third-order valence-corrected chi connectivity index (χ3v) is 3.82. The summed E-state index contributed by atoms with van der Waals surface area (Å²) in [5, 5.41) is 0. The first-order valence-electron chi connectivity index (χ1n) is 6.70. The molecule has 0 bridgehead atoms. The molecule has 0 atom stereocenters. The molecule has 3 N–H and O–H groups in total. The zero-order valence-electron chi connectivity index (χ0n) is 11.2. The first kappa shape index (κ1) is 13.1. The maximum Gasteiger partial charge on any atom is 0.255 e. The van der Waals surface area contributed by atoms with Crippen LogP contribution in [0.2, 0.25) is 0 Å². The Labute approximate surface area is 107 Å². The Morgan fingerprint density at radius 2 is 2.11 bits per heavy atom. The van der Waals surface area contributed by atoms with Crippen molar-refractivity contribution < 1.29 is 0 Å². The zero-order chi connectivity index (χ0) is 13.1. The molecule has 0 aliphatic carbocycles. The van der Waals surface area contributed by atoms with Crippen molar-refractivity contribution in [2.75, 3.05) is 24.5 Å². The molecule has 0 amide bonds. The fourth-order valence-electron chi connectivity index (χ4n) is 2.44. The Morgan fingerprint density at radius 1 is 1.44 bits per heavy atom. The number of nitrogens with zero attached hydrogens (tertiary/aromatic N) is 2. The Kier molecular flexibility index (Phi) is 4.01. The Bertz CT molecular complexity index is 461. The van der Waals surface area contributed by atoms with E-state index in [1.807, 2.05) is 13.8 Å². The highest BCUT2D eigenvalue weighted by Crippen LogP contribution is 2.19. The number of hydrogen-bond acceptors (Lipinski definition) is 4. The summed E-state index contributed by atoms with van der Waals surface area (Å²) in [6, 6.07) is 0. The van der Waals surface area contributed by atoms with E-state index in [-0.39, 0.29) is 5.56 Å². The standard InChI is InChI=1S/C13H22N4O/c1-3-11-9(2)12(18)16-13(15-11)17-6-4-10(8-14)5-7-17/h10H,3-8,14H2,1-2H3,(H,15,16,18). The molecular weight excluding hydrogens is 228 g/mol. The second kappa shape index (κ2) is 5.52. The van der Waals surface area contributed by atoms with Crippen molar-refractivity contribution in [3.8, 4) is 0 Å². The van der Waals surface area contributed by atoms with Gasteiger partial charge in [0, 0.05) is 18.7 Å². The minimum atomic E-state index is -0.0159. The fourth-order valence-corrected chi connectivity index (χ4v) is 2.44.